The Morgan fingerprint density at radius 1 is 1.43 bits per heavy atom. The summed E-state index contributed by atoms with van der Waals surface area (Å²) in [6.07, 6.45) is 0.231. The monoisotopic (exact) mass is 316 g/mol. The third-order valence-corrected chi connectivity index (χ3v) is 4.60. The Morgan fingerprint density at radius 3 is 2.57 bits per heavy atom. The van der Waals surface area contributed by atoms with Gasteiger partial charge in [0.05, 0.1) is 17.6 Å². The molecule has 21 heavy (non-hydrogen) atoms. The lowest BCUT2D eigenvalue weighted by atomic mass is 10.0. The summed E-state index contributed by atoms with van der Waals surface area (Å²) in [4.78, 5) is 11.5. The lowest BCUT2D eigenvalue weighted by molar-refractivity contribution is 0.0596. The topological polar surface area (TPSA) is 119 Å². The zero-order valence-electron chi connectivity index (χ0n) is 12.2. The van der Waals surface area contributed by atoms with Crippen molar-refractivity contribution in [3.8, 4) is 0 Å². The number of ether oxygens (including phenoxy) is 1. The number of nitrogens with two attached hydrogens (primary N) is 1. The average Bonchev–Trinajstić information content (AvgIpc) is 2.35. The van der Waals surface area contributed by atoms with Gasteiger partial charge in [0.1, 0.15) is 0 Å². The molecule has 0 fully saturated rings. The van der Waals surface area contributed by atoms with Crippen LogP contribution in [0.5, 0.6) is 0 Å². The van der Waals surface area contributed by atoms with Crippen LogP contribution in [0.15, 0.2) is 23.1 Å². The second-order valence-corrected chi connectivity index (χ2v) is 6.86. The first kappa shape index (κ1) is 17.4. The number of hydrogen-bond donors (Lipinski definition) is 3. The number of hydrogen-bond acceptors (Lipinski definition) is 6. The highest BCUT2D eigenvalue weighted by atomic mass is 32.2. The fourth-order valence-electron chi connectivity index (χ4n) is 1.80. The molecule has 0 aliphatic heterocycles. The van der Waals surface area contributed by atoms with Crippen LogP contribution < -0.4 is 10.5 Å². The van der Waals surface area contributed by atoms with Crippen LogP contribution in [0.25, 0.3) is 0 Å². The number of carbonyl (C=O) groups excluding carboxylic acids is 1. The van der Waals surface area contributed by atoms with Crippen molar-refractivity contribution in [2.75, 3.05) is 19.5 Å². The molecule has 8 heteroatoms. The third kappa shape index (κ3) is 4.42. The van der Waals surface area contributed by atoms with Crippen molar-refractivity contribution in [1.29, 1.82) is 0 Å². The quantitative estimate of drug-likeness (QED) is 0.519. The van der Waals surface area contributed by atoms with Crippen molar-refractivity contribution in [2.45, 2.75) is 30.7 Å². The minimum Gasteiger partial charge on any atom is -0.465 e. The Morgan fingerprint density at radius 2 is 2.05 bits per heavy atom. The second-order valence-electron chi connectivity index (χ2n) is 5.21. The minimum atomic E-state index is -3.96. The van der Waals surface area contributed by atoms with Crippen molar-refractivity contribution in [3.05, 3.63) is 23.8 Å². The van der Waals surface area contributed by atoms with E-state index >= 15 is 0 Å². The first-order chi connectivity index (χ1) is 9.63. The lowest BCUT2D eigenvalue weighted by Gasteiger charge is -2.25. The summed E-state index contributed by atoms with van der Waals surface area (Å²) in [5.74, 6) is -0.789. The van der Waals surface area contributed by atoms with Crippen molar-refractivity contribution >= 4 is 21.7 Å². The first-order valence-corrected chi connectivity index (χ1v) is 7.74. The van der Waals surface area contributed by atoms with Gasteiger partial charge in [-0.05, 0) is 38.5 Å². The molecule has 0 atom stereocenters. The van der Waals surface area contributed by atoms with Gasteiger partial charge in [-0.15, -0.1) is 0 Å². The second kappa shape index (κ2) is 6.42. The number of benzene rings is 1. The van der Waals surface area contributed by atoms with Crippen LogP contribution >= 0.6 is 0 Å². The van der Waals surface area contributed by atoms with Gasteiger partial charge in [-0.1, -0.05) is 0 Å². The van der Waals surface area contributed by atoms with E-state index in [0.29, 0.717) is 0 Å². The third-order valence-electron chi connectivity index (χ3n) is 2.85. The molecular weight excluding hydrogens is 296 g/mol. The van der Waals surface area contributed by atoms with Gasteiger partial charge in [0.2, 0.25) is 10.0 Å². The van der Waals surface area contributed by atoms with E-state index in [-0.39, 0.29) is 29.2 Å². The van der Waals surface area contributed by atoms with E-state index in [1.165, 1.54) is 18.2 Å². The average molecular weight is 316 g/mol. The number of sulfonamides is 1. The zero-order valence-corrected chi connectivity index (χ0v) is 13.0. The van der Waals surface area contributed by atoms with Gasteiger partial charge in [0.15, 0.2) is 0 Å². The van der Waals surface area contributed by atoms with Crippen LogP contribution in [-0.4, -0.2) is 38.7 Å². The maximum absolute atomic E-state index is 12.4. The molecule has 0 spiro atoms. The van der Waals surface area contributed by atoms with Crippen molar-refractivity contribution in [3.63, 3.8) is 0 Å². The summed E-state index contributed by atoms with van der Waals surface area (Å²) < 4.78 is 31.9. The molecule has 4 N–H and O–H groups in total. The molecule has 0 aromatic heterocycles. The largest absolute Gasteiger partial charge is 0.465 e. The number of nitrogens with one attached hydrogen (secondary N) is 1. The molecule has 7 nitrogen and oxygen atoms in total. The van der Waals surface area contributed by atoms with E-state index in [2.05, 4.69) is 9.46 Å². The van der Waals surface area contributed by atoms with Crippen LogP contribution in [0.3, 0.4) is 0 Å². The number of carbonyl (C=O) groups is 1. The summed E-state index contributed by atoms with van der Waals surface area (Å²) in [5, 5.41) is 8.96. The van der Waals surface area contributed by atoms with E-state index in [0.717, 1.165) is 7.11 Å². The van der Waals surface area contributed by atoms with E-state index in [4.69, 9.17) is 10.8 Å². The lowest BCUT2D eigenvalue weighted by Crippen LogP contribution is -2.44. The highest BCUT2D eigenvalue weighted by Gasteiger charge is 2.29. The smallest absolute Gasteiger partial charge is 0.339 e. The highest BCUT2D eigenvalue weighted by Crippen LogP contribution is 2.22. The molecule has 0 bridgehead atoms. The summed E-state index contributed by atoms with van der Waals surface area (Å²) in [6, 6.07) is 3.89. The van der Waals surface area contributed by atoms with Gasteiger partial charge >= 0.3 is 5.97 Å². The Kier molecular flexibility index (Phi) is 5.32. The van der Waals surface area contributed by atoms with E-state index in [1.807, 2.05) is 0 Å². The fraction of sp³-hybridized carbons (Fsp3) is 0.462. The van der Waals surface area contributed by atoms with Crippen LogP contribution in [0.4, 0.5) is 5.69 Å². The van der Waals surface area contributed by atoms with Crippen molar-refractivity contribution in [2.24, 2.45) is 0 Å². The zero-order chi connectivity index (χ0) is 16.3. The Hall–Kier alpha value is -1.64. The van der Waals surface area contributed by atoms with Gasteiger partial charge in [-0.2, -0.15) is 0 Å². The van der Waals surface area contributed by atoms with Gasteiger partial charge < -0.3 is 15.6 Å². The molecule has 118 valence electrons. The molecular formula is C13H20N2O5S. The Labute approximate surface area is 124 Å². The van der Waals surface area contributed by atoms with Crippen LogP contribution in [-0.2, 0) is 14.8 Å². The number of anilines is 1. The number of rotatable bonds is 6. The number of methoxy groups -OCH3 is 1. The van der Waals surface area contributed by atoms with Crippen LogP contribution in [0.2, 0.25) is 0 Å². The minimum absolute atomic E-state index is 0.134. The van der Waals surface area contributed by atoms with Gasteiger partial charge in [-0.3, -0.25) is 0 Å². The molecule has 0 amide bonds. The molecule has 0 heterocycles. The summed E-state index contributed by atoms with van der Waals surface area (Å²) >= 11 is 0. The number of esters is 1. The molecule has 0 unspecified atom stereocenters. The van der Waals surface area contributed by atoms with Gasteiger partial charge in [-0.25, -0.2) is 17.9 Å². The van der Waals surface area contributed by atoms with E-state index in [9.17, 15) is 13.2 Å². The summed E-state index contributed by atoms with van der Waals surface area (Å²) in [7, 11) is -2.80. The predicted octanol–water partition coefficient (Wildman–Crippen LogP) is 0.495. The Bertz CT molecular complexity index is 625. The van der Waals surface area contributed by atoms with E-state index < -0.39 is 21.5 Å². The first-order valence-electron chi connectivity index (χ1n) is 6.25. The summed E-state index contributed by atoms with van der Waals surface area (Å²) in [5.41, 5.74) is 4.84. The number of nitrogen functional groups attached to an aromatic ring is 1. The molecule has 1 aromatic rings. The fourth-order valence-corrected chi connectivity index (χ4v) is 3.42. The van der Waals surface area contributed by atoms with E-state index in [1.54, 1.807) is 13.8 Å². The van der Waals surface area contributed by atoms with Gasteiger partial charge in [0, 0.05) is 17.8 Å². The van der Waals surface area contributed by atoms with Crippen LogP contribution in [0, 0.1) is 0 Å². The predicted molar refractivity (Wildman–Crippen MR) is 78.3 cm³/mol. The standard InChI is InChI=1S/C13H20N2O5S/c1-13(2,6-7-16)15-21(18,19)11-5-4-9(14)8-10(11)12(17)20-3/h4-5,8,15-16H,6-7,14H2,1-3H3. The molecule has 0 radical (unpaired) electrons. The van der Waals surface area contributed by atoms with Gasteiger partial charge in [0.25, 0.3) is 0 Å². The Balaban J connectivity index is 3.29. The highest BCUT2D eigenvalue weighted by molar-refractivity contribution is 7.89. The summed E-state index contributed by atoms with van der Waals surface area (Å²) in [6.45, 7) is 3.10. The molecule has 0 aliphatic carbocycles. The van der Waals surface area contributed by atoms with Crippen molar-refractivity contribution in [1.82, 2.24) is 4.72 Å². The molecule has 0 saturated carbocycles. The maximum atomic E-state index is 12.4. The SMILES string of the molecule is COC(=O)c1cc(N)ccc1S(=O)(=O)NC(C)(C)CCO. The molecule has 0 aliphatic rings. The van der Waals surface area contributed by atoms with Crippen LogP contribution in [0.1, 0.15) is 30.6 Å². The maximum Gasteiger partial charge on any atom is 0.339 e. The number of aliphatic hydroxyl groups is 1. The number of aliphatic hydroxyl groups excluding tert-OH is 1. The molecule has 1 aromatic carbocycles. The normalized spacial score (nSPS) is 12.2. The molecule has 1 rings (SSSR count). The van der Waals surface area contributed by atoms with Crippen molar-refractivity contribution < 1.29 is 23.1 Å². The molecule has 0 saturated heterocycles.